The lowest BCUT2D eigenvalue weighted by molar-refractivity contribution is -0.155. The summed E-state index contributed by atoms with van der Waals surface area (Å²) in [6.45, 7) is 5.40. The number of esters is 2. The van der Waals surface area contributed by atoms with E-state index in [4.69, 9.17) is 10.5 Å². The summed E-state index contributed by atoms with van der Waals surface area (Å²) in [7, 11) is 1.29. The second-order valence-electron chi connectivity index (χ2n) is 5.22. The Balaban J connectivity index is 2.42. The standard InChI is InChI=1S/C11H19NO4/c1-10(2,3)16-8(13)5-7-6-11(7,12)9(14)15-4/h7H,5-6,12H2,1-4H3/t7-,11+/m1/s1. The highest BCUT2D eigenvalue weighted by Gasteiger charge is 2.59. The van der Waals surface area contributed by atoms with E-state index in [1.54, 1.807) is 20.8 Å². The van der Waals surface area contributed by atoms with E-state index >= 15 is 0 Å². The van der Waals surface area contributed by atoms with E-state index in [0.717, 1.165) is 0 Å². The van der Waals surface area contributed by atoms with Gasteiger partial charge in [-0.15, -0.1) is 0 Å². The molecule has 2 N–H and O–H groups in total. The summed E-state index contributed by atoms with van der Waals surface area (Å²) in [5.41, 5.74) is 4.29. The predicted octanol–water partition coefficient (Wildman–Crippen LogP) is 0.609. The number of methoxy groups -OCH3 is 1. The molecule has 5 nitrogen and oxygen atoms in total. The summed E-state index contributed by atoms with van der Waals surface area (Å²) in [5.74, 6) is -0.940. The fourth-order valence-corrected chi connectivity index (χ4v) is 1.63. The smallest absolute Gasteiger partial charge is 0.326 e. The number of hydrogen-bond donors (Lipinski definition) is 1. The molecule has 1 saturated carbocycles. The number of carbonyl (C=O) groups is 2. The average molecular weight is 229 g/mol. The minimum Gasteiger partial charge on any atom is -0.468 e. The molecule has 1 aliphatic rings. The molecule has 0 amide bonds. The van der Waals surface area contributed by atoms with Gasteiger partial charge in [-0.25, -0.2) is 0 Å². The Labute approximate surface area is 95.3 Å². The van der Waals surface area contributed by atoms with Crippen molar-refractivity contribution in [2.45, 2.75) is 44.8 Å². The lowest BCUT2D eigenvalue weighted by Gasteiger charge is -2.19. The second-order valence-corrected chi connectivity index (χ2v) is 5.22. The minimum atomic E-state index is -0.981. The van der Waals surface area contributed by atoms with E-state index in [9.17, 15) is 9.59 Å². The summed E-state index contributed by atoms with van der Waals surface area (Å²) in [6.07, 6.45) is 0.655. The molecule has 0 unspecified atom stereocenters. The van der Waals surface area contributed by atoms with Gasteiger partial charge < -0.3 is 15.2 Å². The van der Waals surface area contributed by atoms with Crippen LogP contribution in [0.4, 0.5) is 0 Å². The monoisotopic (exact) mass is 229 g/mol. The normalized spacial score (nSPS) is 28.4. The summed E-state index contributed by atoms with van der Waals surface area (Å²) < 4.78 is 9.72. The number of carbonyl (C=O) groups excluding carboxylic acids is 2. The largest absolute Gasteiger partial charge is 0.468 e. The van der Waals surface area contributed by atoms with Crippen LogP contribution in [0, 0.1) is 5.92 Å². The van der Waals surface area contributed by atoms with Crippen molar-refractivity contribution < 1.29 is 19.1 Å². The highest BCUT2D eigenvalue weighted by molar-refractivity contribution is 5.86. The first-order valence-electron chi connectivity index (χ1n) is 5.28. The Hall–Kier alpha value is -1.10. The van der Waals surface area contributed by atoms with Gasteiger partial charge in [-0.2, -0.15) is 0 Å². The molecule has 0 saturated heterocycles. The molecular formula is C11H19NO4. The van der Waals surface area contributed by atoms with Gasteiger partial charge >= 0.3 is 11.9 Å². The van der Waals surface area contributed by atoms with E-state index in [1.165, 1.54) is 7.11 Å². The lowest BCUT2D eigenvalue weighted by atomic mass is 10.1. The van der Waals surface area contributed by atoms with Crippen LogP contribution in [0.25, 0.3) is 0 Å². The topological polar surface area (TPSA) is 78.6 Å². The first kappa shape index (κ1) is 13.0. The Morgan fingerprint density at radius 1 is 1.44 bits per heavy atom. The fourth-order valence-electron chi connectivity index (χ4n) is 1.63. The number of ether oxygens (including phenoxy) is 2. The van der Waals surface area contributed by atoms with Crippen molar-refractivity contribution in [3.8, 4) is 0 Å². The third-order valence-electron chi connectivity index (χ3n) is 2.55. The van der Waals surface area contributed by atoms with Gasteiger partial charge in [0, 0.05) is 5.92 Å². The third kappa shape index (κ3) is 2.95. The van der Waals surface area contributed by atoms with Crippen LogP contribution in [0.3, 0.4) is 0 Å². The van der Waals surface area contributed by atoms with E-state index in [2.05, 4.69) is 4.74 Å². The average Bonchev–Trinajstić information content (AvgIpc) is 2.73. The van der Waals surface area contributed by atoms with E-state index in [1.807, 2.05) is 0 Å². The molecule has 0 aromatic heterocycles. The molecule has 0 bridgehead atoms. The minimum absolute atomic E-state index is 0.158. The molecular weight excluding hydrogens is 210 g/mol. The highest BCUT2D eigenvalue weighted by Crippen LogP contribution is 2.44. The molecule has 0 aliphatic heterocycles. The maximum absolute atomic E-state index is 11.5. The molecule has 0 radical (unpaired) electrons. The van der Waals surface area contributed by atoms with Crippen molar-refractivity contribution >= 4 is 11.9 Å². The third-order valence-corrected chi connectivity index (χ3v) is 2.55. The maximum atomic E-state index is 11.5. The zero-order chi connectivity index (χ0) is 12.6. The van der Waals surface area contributed by atoms with Gasteiger partial charge in [-0.3, -0.25) is 9.59 Å². The van der Waals surface area contributed by atoms with Gasteiger partial charge in [-0.05, 0) is 27.2 Å². The quantitative estimate of drug-likeness (QED) is 0.717. The number of nitrogens with two attached hydrogens (primary N) is 1. The molecule has 1 rings (SSSR count). The number of rotatable bonds is 3. The Morgan fingerprint density at radius 2 is 2.00 bits per heavy atom. The SMILES string of the molecule is COC(=O)[C@]1(N)C[C@H]1CC(=O)OC(C)(C)C. The summed E-state index contributed by atoms with van der Waals surface area (Å²) in [6, 6.07) is 0. The molecule has 1 fully saturated rings. The van der Waals surface area contributed by atoms with Crippen molar-refractivity contribution in [3.05, 3.63) is 0 Å². The highest BCUT2D eigenvalue weighted by atomic mass is 16.6. The molecule has 0 heterocycles. The fraction of sp³-hybridized carbons (Fsp3) is 0.818. The van der Waals surface area contributed by atoms with Gasteiger partial charge in [0.25, 0.3) is 0 Å². The van der Waals surface area contributed by atoms with Gasteiger partial charge in [0.2, 0.25) is 0 Å². The van der Waals surface area contributed by atoms with Crippen molar-refractivity contribution in [3.63, 3.8) is 0 Å². The van der Waals surface area contributed by atoms with E-state index in [0.29, 0.717) is 6.42 Å². The summed E-state index contributed by atoms with van der Waals surface area (Å²) in [4.78, 5) is 22.8. The van der Waals surface area contributed by atoms with Crippen LogP contribution in [-0.4, -0.2) is 30.2 Å². The molecule has 0 aromatic carbocycles. The van der Waals surface area contributed by atoms with Gasteiger partial charge in [0.15, 0.2) is 0 Å². The van der Waals surface area contributed by atoms with Crippen LogP contribution >= 0.6 is 0 Å². The Kier molecular flexibility index (Phi) is 3.28. The van der Waals surface area contributed by atoms with Crippen LogP contribution in [-0.2, 0) is 19.1 Å². The van der Waals surface area contributed by atoms with E-state index in [-0.39, 0.29) is 18.3 Å². The van der Waals surface area contributed by atoms with Crippen molar-refractivity contribution in [2.24, 2.45) is 11.7 Å². The number of hydrogen-bond acceptors (Lipinski definition) is 5. The maximum Gasteiger partial charge on any atom is 0.326 e. The van der Waals surface area contributed by atoms with Crippen molar-refractivity contribution in [1.82, 2.24) is 0 Å². The van der Waals surface area contributed by atoms with Crippen LogP contribution in [0.1, 0.15) is 33.6 Å². The zero-order valence-corrected chi connectivity index (χ0v) is 10.2. The van der Waals surface area contributed by atoms with Crippen molar-refractivity contribution in [1.29, 1.82) is 0 Å². The van der Waals surface area contributed by atoms with Crippen molar-refractivity contribution in [2.75, 3.05) is 7.11 Å². The van der Waals surface area contributed by atoms with Crippen LogP contribution < -0.4 is 5.73 Å². The van der Waals surface area contributed by atoms with Crippen LogP contribution in [0.2, 0.25) is 0 Å². The molecule has 2 atom stereocenters. The van der Waals surface area contributed by atoms with Gasteiger partial charge in [0.1, 0.15) is 11.1 Å². The van der Waals surface area contributed by atoms with Crippen LogP contribution in [0.5, 0.6) is 0 Å². The summed E-state index contributed by atoms with van der Waals surface area (Å²) in [5, 5.41) is 0. The zero-order valence-electron chi connectivity index (χ0n) is 10.2. The molecule has 0 spiro atoms. The Bertz CT molecular complexity index is 308. The first-order chi connectivity index (χ1) is 7.19. The first-order valence-corrected chi connectivity index (χ1v) is 5.28. The van der Waals surface area contributed by atoms with Gasteiger partial charge in [-0.1, -0.05) is 0 Å². The lowest BCUT2D eigenvalue weighted by Crippen LogP contribution is -2.37. The van der Waals surface area contributed by atoms with Gasteiger partial charge in [0.05, 0.1) is 13.5 Å². The predicted molar refractivity (Wildman–Crippen MR) is 57.5 cm³/mol. The van der Waals surface area contributed by atoms with E-state index < -0.39 is 17.1 Å². The molecule has 92 valence electrons. The Morgan fingerprint density at radius 3 is 2.44 bits per heavy atom. The molecule has 16 heavy (non-hydrogen) atoms. The second kappa shape index (κ2) is 4.05. The summed E-state index contributed by atoms with van der Waals surface area (Å²) >= 11 is 0. The van der Waals surface area contributed by atoms with Crippen LogP contribution in [0.15, 0.2) is 0 Å². The molecule has 5 heteroatoms. The molecule has 1 aliphatic carbocycles. The molecule has 0 aromatic rings.